The molecule has 1 fully saturated rings. The van der Waals surface area contributed by atoms with Crippen molar-refractivity contribution in [3.05, 3.63) is 70.8 Å². The highest BCUT2D eigenvalue weighted by Gasteiger charge is 2.41. The maximum atomic E-state index is 3.75. The lowest BCUT2D eigenvalue weighted by Gasteiger charge is -2.31. The third-order valence-corrected chi connectivity index (χ3v) is 5.00. The Morgan fingerprint density at radius 3 is 2.70 bits per heavy atom. The van der Waals surface area contributed by atoms with Crippen LogP contribution in [0.3, 0.4) is 0 Å². The standard InChI is InChI=1S/C19H21N/c1-13-6-4-7-14(12-13)18-15-8-2-3-9-16(15)19-17(18)10-5-11-20-19/h2-4,6-9,12,17-20H,5,10-11H2,1H3/t17-,18?,19-/m1/s1. The summed E-state index contributed by atoms with van der Waals surface area (Å²) in [6, 6.07) is 18.7. The fourth-order valence-corrected chi connectivity index (χ4v) is 4.21. The molecule has 1 saturated heterocycles. The molecule has 102 valence electrons. The molecule has 1 aliphatic heterocycles. The molecule has 2 aromatic carbocycles. The lowest BCUT2D eigenvalue weighted by atomic mass is 9.80. The molecule has 0 radical (unpaired) electrons. The Balaban J connectivity index is 1.85. The van der Waals surface area contributed by atoms with Gasteiger partial charge in [-0.25, -0.2) is 0 Å². The number of rotatable bonds is 1. The van der Waals surface area contributed by atoms with E-state index in [-0.39, 0.29) is 0 Å². The number of hydrogen-bond acceptors (Lipinski definition) is 1. The van der Waals surface area contributed by atoms with Crippen molar-refractivity contribution in [2.45, 2.75) is 31.7 Å². The van der Waals surface area contributed by atoms with Crippen molar-refractivity contribution < 1.29 is 0 Å². The Morgan fingerprint density at radius 2 is 1.85 bits per heavy atom. The van der Waals surface area contributed by atoms with Crippen molar-refractivity contribution >= 4 is 0 Å². The molecule has 1 aliphatic carbocycles. The van der Waals surface area contributed by atoms with Crippen LogP contribution in [0.1, 0.15) is 47.1 Å². The van der Waals surface area contributed by atoms with Crippen LogP contribution < -0.4 is 5.32 Å². The molecule has 1 unspecified atom stereocenters. The minimum Gasteiger partial charge on any atom is -0.310 e. The number of piperidine rings is 1. The third kappa shape index (κ3) is 1.81. The first-order chi connectivity index (χ1) is 9.84. The van der Waals surface area contributed by atoms with Gasteiger partial charge in [-0.1, -0.05) is 54.1 Å². The molecule has 0 bridgehead atoms. The van der Waals surface area contributed by atoms with Gasteiger partial charge in [0.15, 0.2) is 0 Å². The summed E-state index contributed by atoms with van der Waals surface area (Å²) in [6.07, 6.45) is 2.64. The van der Waals surface area contributed by atoms with Crippen molar-refractivity contribution in [3.63, 3.8) is 0 Å². The monoisotopic (exact) mass is 263 g/mol. The van der Waals surface area contributed by atoms with Crippen molar-refractivity contribution in [2.24, 2.45) is 5.92 Å². The lowest BCUT2D eigenvalue weighted by Crippen LogP contribution is -2.32. The molecule has 1 nitrogen and oxygen atoms in total. The van der Waals surface area contributed by atoms with Crippen LogP contribution in [0.15, 0.2) is 48.5 Å². The Hall–Kier alpha value is -1.60. The quantitative estimate of drug-likeness (QED) is 0.814. The summed E-state index contributed by atoms with van der Waals surface area (Å²) in [7, 11) is 0. The van der Waals surface area contributed by atoms with E-state index >= 15 is 0 Å². The average Bonchev–Trinajstić information content (AvgIpc) is 2.82. The summed E-state index contributed by atoms with van der Waals surface area (Å²) < 4.78 is 0. The van der Waals surface area contributed by atoms with Gasteiger partial charge >= 0.3 is 0 Å². The van der Waals surface area contributed by atoms with Gasteiger partial charge in [-0.15, -0.1) is 0 Å². The van der Waals surface area contributed by atoms with Crippen LogP contribution in [-0.4, -0.2) is 6.54 Å². The van der Waals surface area contributed by atoms with E-state index in [1.807, 2.05) is 0 Å². The Kier molecular flexibility index (Phi) is 2.89. The predicted octanol–water partition coefficient (Wildman–Crippen LogP) is 4.18. The normalized spacial score (nSPS) is 27.9. The molecule has 3 atom stereocenters. The van der Waals surface area contributed by atoms with Crippen LogP contribution >= 0.6 is 0 Å². The summed E-state index contributed by atoms with van der Waals surface area (Å²) in [5.74, 6) is 1.30. The molecule has 2 aliphatic rings. The van der Waals surface area contributed by atoms with Gasteiger partial charge < -0.3 is 5.32 Å². The molecule has 0 aromatic heterocycles. The van der Waals surface area contributed by atoms with Gasteiger partial charge in [-0.05, 0) is 48.9 Å². The second kappa shape index (κ2) is 4.75. The fourth-order valence-electron chi connectivity index (χ4n) is 4.21. The maximum absolute atomic E-state index is 3.75. The lowest BCUT2D eigenvalue weighted by molar-refractivity contribution is 0.287. The van der Waals surface area contributed by atoms with Crippen molar-refractivity contribution in [2.75, 3.05) is 6.54 Å². The van der Waals surface area contributed by atoms with Crippen LogP contribution in [0.5, 0.6) is 0 Å². The second-order valence-electron chi connectivity index (χ2n) is 6.26. The van der Waals surface area contributed by atoms with E-state index in [9.17, 15) is 0 Å². The van der Waals surface area contributed by atoms with Crippen LogP contribution in [0.2, 0.25) is 0 Å². The van der Waals surface area contributed by atoms with Gasteiger partial charge in [0.25, 0.3) is 0 Å². The highest BCUT2D eigenvalue weighted by molar-refractivity contribution is 5.46. The number of hydrogen-bond donors (Lipinski definition) is 1. The molecule has 1 heteroatoms. The zero-order chi connectivity index (χ0) is 13.5. The van der Waals surface area contributed by atoms with Gasteiger partial charge in [-0.2, -0.15) is 0 Å². The smallest absolute Gasteiger partial charge is 0.0360 e. The summed E-state index contributed by atoms with van der Waals surface area (Å²) in [5.41, 5.74) is 5.94. The van der Waals surface area contributed by atoms with E-state index < -0.39 is 0 Å². The van der Waals surface area contributed by atoms with Crippen LogP contribution in [-0.2, 0) is 0 Å². The van der Waals surface area contributed by atoms with E-state index in [1.165, 1.54) is 29.5 Å². The first-order valence-corrected chi connectivity index (χ1v) is 7.73. The Morgan fingerprint density at radius 1 is 1.00 bits per heavy atom. The van der Waals surface area contributed by atoms with Gasteiger partial charge in [-0.3, -0.25) is 0 Å². The molecule has 0 amide bonds. The molecule has 0 saturated carbocycles. The summed E-state index contributed by atoms with van der Waals surface area (Å²) in [4.78, 5) is 0. The predicted molar refractivity (Wildman–Crippen MR) is 82.9 cm³/mol. The van der Waals surface area contributed by atoms with Crippen molar-refractivity contribution in [1.29, 1.82) is 0 Å². The highest BCUT2D eigenvalue weighted by Crippen LogP contribution is 2.51. The Labute approximate surface area is 121 Å². The fraction of sp³-hybridized carbons (Fsp3) is 0.368. The topological polar surface area (TPSA) is 12.0 Å². The van der Waals surface area contributed by atoms with E-state index in [4.69, 9.17) is 0 Å². The van der Waals surface area contributed by atoms with Gasteiger partial charge in [0.05, 0.1) is 0 Å². The highest BCUT2D eigenvalue weighted by atomic mass is 14.9. The van der Waals surface area contributed by atoms with Crippen LogP contribution in [0.4, 0.5) is 0 Å². The zero-order valence-electron chi connectivity index (χ0n) is 12.0. The largest absolute Gasteiger partial charge is 0.310 e. The molecule has 4 rings (SSSR count). The van der Waals surface area contributed by atoms with Gasteiger partial charge in [0.1, 0.15) is 0 Å². The molecule has 20 heavy (non-hydrogen) atoms. The van der Waals surface area contributed by atoms with E-state index in [0.29, 0.717) is 12.0 Å². The third-order valence-electron chi connectivity index (χ3n) is 5.00. The van der Waals surface area contributed by atoms with Crippen LogP contribution in [0, 0.1) is 12.8 Å². The number of fused-ring (bicyclic) bond motifs is 3. The number of benzene rings is 2. The zero-order valence-corrected chi connectivity index (χ0v) is 12.0. The Bertz CT molecular complexity index is 631. The summed E-state index contributed by atoms with van der Waals surface area (Å²) >= 11 is 0. The first-order valence-electron chi connectivity index (χ1n) is 7.73. The summed E-state index contributed by atoms with van der Waals surface area (Å²) in [6.45, 7) is 3.36. The second-order valence-corrected chi connectivity index (χ2v) is 6.26. The maximum Gasteiger partial charge on any atom is 0.0360 e. The average molecular weight is 263 g/mol. The molecular weight excluding hydrogens is 242 g/mol. The minimum absolute atomic E-state index is 0.561. The van der Waals surface area contributed by atoms with Crippen molar-refractivity contribution in [1.82, 2.24) is 5.32 Å². The molecule has 1 N–H and O–H groups in total. The molecule has 0 spiro atoms. The van der Waals surface area contributed by atoms with E-state index in [1.54, 1.807) is 5.56 Å². The molecule has 2 aromatic rings. The van der Waals surface area contributed by atoms with E-state index in [2.05, 4.69) is 60.8 Å². The molecular formula is C19H21N. The number of nitrogens with one attached hydrogen (secondary N) is 1. The van der Waals surface area contributed by atoms with Gasteiger partial charge in [0, 0.05) is 12.0 Å². The van der Waals surface area contributed by atoms with Crippen LogP contribution in [0.25, 0.3) is 0 Å². The minimum atomic E-state index is 0.561. The number of aryl methyl sites for hydroxylation is 1. The van der Waals surface area contributed by atoms with E-state index in [0.717, 1.165) is 12.5 Å². The first kappa shape index (κ1) is 12.2. The summed E-state index contributed by atoms with van der Waals surface area (Å²) in [5, 5.41) is 3.75. The SMILES string of the molecule is Cc1cccc(C2c3ccccc3[C@H]3NCCC[C@H]23)c1. The van der Waals surface area contributed by atoms with Crippen molar-refractivity contribution in [3.8, 4) is 0 Å². The van der Waals surface area contributed by atoms with Gasteiger partial charge in [0.2, 0.25) is 0 Å². The molecule has 1 heterocycles.